The lowest BCUT2D eigenvalue weighted by atomic mass is 9.97. The minimum absolute atomic E-state index is 0.0225. The van der Waals surface area contributed by atoms with Gasteiger partial charge in [-0.05, 0) is 30.8 Å². The molecule has 1 aliphatic rings. The number of nitrogens with zero attached hydrogens (tertiary/aromatic N) is 2. The number of aryl methyl sites for hydroxylation is 1. The van der Waals surface area contributed by atoms with E-state index in [2.05, 4.69) is 45.3 Å². The highest BCUT2D eigenvalue weighted by atomic mass is 16.1. The third-order valence-corrected chi connectivity index (χ3v) is 5.16. The number of fused-ring (bicyclic) bond motifs is 2. The van der Waals surface area contributed by atoms with E-state index in [1.807, 2.05) is 30.9 Å². The summed E-state index contributed by atoms with van der Waals surface area (Å²) in [5.41, 5.74) is 5.76. The predicted molar refractivity (Wildman–Crippen MR) is 113 cm³/mol. The van der Waals surface area contributed by atoms with Crippen molar-refractivity contribution in [1.82, 2.24) is 15.1 Å². The lowest BCUT2D eigenvalue weighted by Crippen LogP contribution is -2.18. The van der Waals surface area contributed by atoms with Crippen LogP contribution in [0.4, 0.5) is 11.4 Å². The summed E-state index contributed by atoms with van der Waals surface area (Å²) < 4.78 is 1.87. The molecule has 0 radical (unpaired) electrons. The number of rotatable bonds is 5. The average molecular weight is 376 g/mol. The summed E-state index contributed by atoms with van der Waals surface area (Å²) >= 11 is 0. The summed E-state index contributed by atoms with van der Waals surface area (Å²) in [6.45, 7) is 1.27. The molecule has 2 aromatic carbocycles. The molecule has 0 aliphatic carbocycles. The van der Waals surface area contributed by atoms with Gasteiger partial charge in [-0.3, -0.25) is 9.48 Å². The molecule has 0 saturated carbocycles. The lowest BCUT2D eigenvalue weighted by molar-refractivity contribution is -0.115. The monoisotopic (exact) mass is 376 g/mol. The van der Waals surface area contributed by atoms with E-state index in [1.54, 1.807) is 0 Å². The normalized spacial score (nSPS) is 14.7. The van der Waals surface area contributed by atoms with E-state index in [0.717, 1.165) is 39.1 Å². The summed E-state index contributed by atoms with van der Waals surface area (Å²) in [4.78, 5) is 11.9. The van der Waals surface area contributed by atoms with Crippen LogP contribution < -0.4 is 16.0 Å². The van der Waals surface area contributed by atoms with E-state index in [4.69, 9.17) is 5.41 Å². The fourth-order valence-electron chi connectivity index (χ4n) is 3.79. The highest BCUT2D eigenvalue weighted by Crippen LogP contribution is 2.37. The quantitative estimate of drug-likeness (QED) is 0.515. The van der Waals surface area contributed by atoms with Gasteiger partial charge in [-0.2, -0.15) is 5.10 Å². The Labute approximate surface area is 163 Å². The molecule has 0 fully saturated rings. The van der Waals surface area contributed by atoms with Gasteiger partial charge in [0.25, 0.3) is 0 Å². The van der Waals surface area contributed by atoms with Gasteiger partial charge in [0.2, 0.25) is 5.91 Å². The number of anilines is 2. The van der Waals surface area contributed by atoms with E-state index < -0.39 is 0 Å². The van der Waals surface area contributed by atoms with Crippen molar-refractivity contribution in [3.63, 3.8) is 0 Å². The van der Waals surface area contributed by atoms with Crippen molar-refractivity contribution in [3.8, 4) is 11.1 Å². The first-order valence-corrected chi connectivity index (χ1v) is 9.41. The standard InChI is InChI=1S/C21H24N6O/c1-23-12-14(11-22)20-16-10-13(6-7-18(16)27(2)26-20)15-4-3-5-17-21(15)24-9-8-19(28)25-17/h3-7,10-11,14,22-24H,8-9,12H2,1-2H3,(H,25,28). The minimum atomic E-state index is -0.0887. The van der Waals surface area contributed by atoms with Crippen LogP contribution in [0.1, 0.15) is 18.0 Å². The Morgan fingerprint density at radius 3 is 3.00 bits per heavy atom. The van der Waals surface area contributed by atoms with Gasteiger partial charge in [-0.15, -0.1) is 0 Å². The number of hydrogen-bond donors (Lipinski definition) is 4. The smallest absolute Gasteiger partial charge is 0.226 e. The molecule has 0 saturated heterocycles. The van der Waals surface area contributed by atoms with E-state index in [9.17, 15) is 4.79 Å². The number of benzene rings is 2. The van der Waals surface area contributed by atoms with Gasteiger partial charge in [0.1, 0.15) is 0 Å². The van der Waals surface area contributed by atoms with Crippen LogP contribution in [0.2, 0.25) is 0 Å². The molecule has 28 heavy (non-hydrogen) atoms. The van der Waals surface area contributed by atoms with Crippen LogP contribution in [0.5, 0.6) is 0 Å². The van der Waals surface area contributed by atoms with Crippen molar-refractivity contribution in [2.75, 3.05) is 30.8 Å². The second-order valence-electron chi connectivity index (χ2n) is 7.02. The molecule has 3 aromatic rings. The van der Waals surface area contributed by atoms with E-state index in [1.165, 1.54) is 6.21 Å². The van der Waals surface area contributed by atoms with Crippen molar-refractivity contribution in [3.05, 3.63) is 42.1 Å². The summed E-state index contributed by atoms with van der Waals surface area (Å²) in [6.07, 6.45) is 1.89. The Morgan fingerprint density at radius 1 is 1.36 bits per heavy atom. The van der Waals surface area contributed by atoms with Crippen LogP contribution in [0.25, 0.3) is 22.0 Å². The third kappa shape index (κ3) is 3.14. The van der Waals surface area contributed by atoms with Gasteiger partial charge in [0, 0.05) is 43.7 Å². The zero-order valence-corrected chi connectivity index (χ0v) is 16.0. The van der Waals surface area contributed by atoms with E-state index in [-0.39, 0.29) is 11.8 Å². The van der Waals surface area contributed by atoms with Crippen LogP contribution in [-0.4, -0.2) is 42.0 Å². The number of carbonyl (C=O) groups excluding carboxylic acids is 1. The Balaban J connectivity index is 1.86. The molecular formula is C21H24N6O. The van der Waals surface area contributed by atoms with Crippen LogP contribution in [0.15, 0.2) is 36.4 Å². The molecule has 4 N–H and O–H groups in total. The van der Waals surface area contributed by atoms with E-state index in [0.29, 0.717) is 19.5 Å². The zero-order chi connectivity index (χ0) is 19.7. The van der Waals surface area contributed by atoms with Crippen LogP contribution in [-0.2, 0) is 11.8 Å². The molecular weight excluding hydrogens is 352 g/mol. The maximum Gasteiger partial charge on any atom is 0.226 e. The van der Waals surface area contributed by atoms with Crippen molar-refractivity contribution < 1.29 is 4.79 Å². The molecule has 0 spiro atoms. The molecule has 0 bridgehead atoms. The van der Waals surface area contributed by atoms with Gasteiger partial charge in [-0.1, -0.05) is 18.2 Å². The maximum atomic E-state index is 11.9. The highest BCUT2D eigenvalue weighted by Gasteiger charge is 2.20. The Morgan fingerprint density at radius 2 is 2.21 bits per heavy atom. The first-order chi connectivity index (χ1) is 13.6. The molecule has 1 aliphatic heterocycles. The lowest BCUT2D eigenvalue weighted by Gasteiger charge is -2.14. The zero-order valence-electron chi connectivity index (χ0n) is 16.0. The van der Waals surface area contributed by atoms with Gasteiger partial charge < -0.3 is 21.4 Å². The SMILES string of the molecule is CNCC(C=N)c1nn(C)c2ccc(-c3cccc4c3NCCC(=O)N4)cc12. The minimum Gasteiger partial charge on any atom is -0.382 e. The predicted octanol–water partition coefficient (Wildman–Crippen LogP) is 2.95. The number of amides is 1. The summed E-state index contributed by atoms with van der Waals surface area (Å²) in [6, 6.07) is 12.2. The molecule has 7 nitrogen and oxygen atoms in total. The molecule has 1 unspecified atom stereocenters. The van der Waals surface area contributed by atoms with E-state index >= 15 is 0 Å². The first kappa shape index (κ1) is 18.2. The maximum absolute atomic E-state index is 11.9. The van der Waals surface area contributed by atoms with Crippen molar-refractivity contribution in [2.45, 2.75) is 12.3 Å². The van der Waals surface area contributed by atoms with Crippen LogP contribution in [0.3, 0.4) is 0 Å². The molecule has 1 atom stereocenters. The van der Waals surface area contributed by atoms with Crippen molar-refractivity contribution >= 4 is 34.4 Å². The molecule has 4 rings (SSSR count). The topological polar surface area (TPSA) is 94.8 Å². The second kappa shape index (κ2) is 7.44. The van der Waals surface area contributed by atoms with Gasteiger partial charge >= 0.3 is 0 Å². The first-order valence-electron chi connectivity index (χ1n) is 9.41. The summed E-state index contributed by atoms with van der Waals surface area (Å²) in [5, 5.41) is 23.0. The van der Waals surface area contributed by atoms with Crippen molar-refractivity contribution in [1.29, 1.82) is 5.41 Å². The Kier molecular flexibility index (Phi) is 4.83. The molecule has 144 valence electrons. The van der Waals surface area contributed by atoms with Gasteiger partial charge in [-0.25, -0.2) is 0 Å². The molecule has 1 amide bonds. The Hall–Kier alpha value is -3.19. The number of para-hydroxylation sites is 1. The number of likely N-dealkylation sites (N-methyl/N-ethyl adjacent to an activating group) is 1. The number of carbonyl (C=O) groups is 1. The van der Waals surface area contributed by atoms with Gasteiger partial charge in [0.15, 0.2) is 0 Å². The van der Waals surface area contributed by atoms with Crippen LogP contribution >= 0.6 is 0 Å². The second-order valence-corrected chi connectivity index (χ2v) is 7.02. The fourth-order valence-corrected chi connectivity index (χ4v) is 3.79. The summed E-state index contributed by atoms with van der Waals surface area (Å²) in [5.74, 6) is -0.0662. The number of nitrogens with one attached hydrogen (secondary N) is 4. The Bertz CT molecular complexity index is 1050. The average Bonchev–Trinajstić information content (AvgIpc) is 2.89. The number of aromatic nitrogens is 2. The molecule has 2 heterocycles. The highest BCUT2D eigenvalue weighted by molar-refractivity contribution is 6.01. The van der Waals surface area contributed by atoms with Crippen molar-refractivity contribution in [2.24, 2.45) is 7.05 Å². The van der Waals surface area contributed by atoms with Crippen LogP contribution in [0, 0.1) is 5.41 Å². The largest absolute Gasteiger partial charge is 0.382 e. The number of hydrogen-bond acceptors (Lipinski definition) is 5. The third-order valence-electron chi connectivity index (χ3n) is 5.16. The summed E-state index contributed by atoms with van der Waals surface area (Å²) in [7, 11) is 3.81. The van der Waals surface area contributed by atoms with Gasteiger partial charge in [0.05, 0.1) is 28.5 Å². The molecule has 1 aromatic heterocycles. The fraction of sp³-hybridized carbons (Fsp3) is 0.286. The molecule has 7 heteroatoms.